The van der Waals surface area contributed by atoms with Crippen molar-refractivity contribution in [3.05, 3.63) is 34.3 Å². The second-order valence-electron chi connectivity index (χ2n) is 11.3. The number of hydrogen-bond acceptors (Lipinski definition) is 5. The summed E-state index contributed by atoms with van der Waals surface area (Å²) in [5.41, 5.74) is 0.477. The van der Waals surface area contributed by atoms with Gasteiger partial charge in [-0.15, -0.1) is 0 Å². The van der Waals surface area contributed by atoms with Crippen molar-refractivity contribution in [1.82, 2.24) is 4.90 Å². The molecule has 0 N–H and O–H groups in total. The third-order valence-electron chi connectivity index (χ3n) is 8.70. The van der Waals surface area contributed by atoms with Crippen LogP contribution in [-0.2, 0) is 24.5 Å². The molecule has 0 bridgehead atoms. The van der Waals surface area contributed by atoms with Gasteiger partial charge in [-0.25, -0.2) is 9.59 Å². The number of nitrogens with zero attached hydrogens (tertiary/aromatic N) is 1. The average molecular weight is 518 g/mol. The van der Waals surface area contributed by atoms with Crippen molar-refractivity contribution in [2.75, 3.05) is 13.2 Å². The first kappa shape index (κ1) is 22.9. The number of esters is 1. The quantitative estimate of drug-likeness (QED) is 0.504. The van der Waals surface area contributed by atoms with Crippen molar-refractivity contribution >= 4 is 33.8 Å². The lowest BCUT2D eigenvalue weighted by Gasteiger charge is -2.47. The lowest BCUT2D eigenvalue weighted by atomic mass is 9.54. The first-order valence-corrected chi connectivity index (χ1v) is 12.8. The number of likely N-dealkylation sites (tertiary alicyclic amines) is 1. The molecule has 178 valence electrons. The predicted octanol–water partition coefficient (Wildman–Crippen LogP) is 5.16. The van der Waals surface area contributed by atoms with E-state index in [1.165, 1.54) is 10.5 Å². The zero-order valence-corrected chi connectivity index (χ0v) is 21.2. The summed E-state index contributed by atoms with van der Waals surface area (Å²) in [4.78, 5) is 40.2. The van der Waals surface area contributed by atoms with Crippen LogP contribution in [0.2, 0.25) is 0 Å². The van der Waals surface area contributed by atoms with Crippen LogP contribution in [0.25, 0.3) is 0 Å². The summed E-state index contributed by atoms with van der Waals surface area (Å²) >= 11 is 3.51. The molecule has 3 saturated carbocycles. The molecule has 1 spiro atoms. The van der Waals surface area contributed by atoms with E-state index in [0.29, 0.717) is 13.0 Å². The molecule has 5 rings (SSSR count). The molecular weight excluding hydrogens is 486 g/mol. The van der Waals surface area contributed by atoms with Crippen LogP contribution in [0.3, 0.4) is 0 Å². The Bertz CT molecular complexity index is 997. The number of ketones is 1. The van der Waals surface area contributed by atoms with Crippen molar-refractivity contribution in [2.24, 2.45) is 10.8 Å². The number of carbonyl (C=O) groups excluding carboxylic acids is 3. The van der Waals surface area contributed by atoms with Gasteiger partial charge < -0.3 is 9.47 Å². The normalized spacial score (nSPS) is 34.2. The Morgan fingerprint density at radius 3 is 2.42 bits per heavy atom. The Labute approximate surface area is 203 Å². The molecule has 0 aromatic heterocycles. The number of amides is 1. The average Bonchev–Trinajstić information content (AvgIpc) is 3.13. The zero-order valence-electron chi connectivity index (χ0n) is 19.6. The summed E-state index contributed by atoms with van der Waals surface area (Å²) in [5, 5.41) is 0. The largest absolute Gasteiger partial charge is 0.456 e. The van der Waals surface area contributed by atoms with Gasteiger partial charge >= 0.3 is 12.1 Å². The fourth-order valence-corrected chi connectivity index (χ4v) is 7.30. The Balaban J connectivity index is 1.23. The highest BCUT2D eigenvalue weighted by atomic mass is 79.9. The van der Waals surface area contributed by atoms with E-state index in [1.54, 1.807) is 20.8 Å². The van der Waals surface area contributed by atoms with Crippen molar-refractivity contribution < 1.29 is 23.9 Å². The monoisotopic (exact) mass is 517 g/mol. The van der Waals surface area contributed by atoms with Gasteiger partial charge in [-0.05, 0) is 88.8 Å². The Kier molecular flexibility index (Phi) is 5.24. The van der Waals surface area contributed by atoms with E-state index in [1.807, 2.05) is 0 Å². The smallest absolute Gasteiger partial charge is 0.411 e. The molecule has 1 heterocycles. The molecule has 6 nitrogen and oxygen atoms in total. The van der Waals surface area contributed by atoms with Gasteiger partial charge in [0.1, 0.15) is 11.6 Å². The predicted molar refractivity (Wildman–Crippen MR) is 126 cm³/mol. The molecule has 1 aliphatic heterocycles. The molecule has 1 amide bonds. The van der Waals surface area contributed by atoms with E-state index in [9.17, 15) is 14.4 Å². The second-order valence-corrected chi connectivity index (χ2v) is 12.2. The van der Waals surface area contributed by atoms with Gasteiger partial charge in [-0.1, -0.05) is 28.1 Å². The topological polar surface area (TPSA) is 72.9 Å². The first-order valence-electron chi connectivity index (χ1n) is 12.0. The molecule has 1 aromatic carbocycles. The summed E-state index contributed by atoms with van der Waals surface area (Å²) in [6.07, 6.45) is 5.64. The SMILES string of the molecule is CC(C)(C)OC(=O)N1CCCC1C(=O)OCC(=O)C12CCC3(c4ccc(Br)cc4)CC13CC2. The number of benzene rings is 1. The van der Waals surface area contributed by atoms with E-state index in [2.05, 4.69) is 40.2 Å². The summed E-state index contributed by atoms with van der Waals surface area (Å²) in [6.45, 7) is 5.67. The van der Waals surface area contributed by atoms with E-state index >= 15 is 0 Å². The van der Waals surface area contributed by atoms with E-state index in [4.69, 9.17) is 9.47 Å². The lowest BCUT2D eigenvalue weighted by molar-refractivity contribution is -0.159. The molecule has 1 saturated heterocycles. The number of halogens is 1. The Hall–Kier alpha value is -1.89. The molecule has 4 aliphatic rings. The molecule has 7 heteroatoms. The van der Waals surface area contributed by atoms with Gasteiger partial charge in [0.05, 0.1) is 0 Å². The standard InChI is InChI=1S/C26H32BrNO5/c1-23(2,3)33-22(31)28-14-4-5-19(28)21(30)32-15-20(29)24-10-11-25(16-26(24,25)13-12-24)17-6-8-18(27)9-7-17/h6-9,19H,4-5,10-16H2,1-3H3. The first-order chi connectivity index (χ1) is 15.5. The lowest BCUT2D eigenvalue weighted by Crippen LogP contribution is -2.50. The van der Waals surface area contributed by atoms with Crippen molar-refractivity contribution in [3.8, 4) is 0 Å². The van der Waals surface area contributed by atoms with Gasteiger partial charge in [0.25, 0.3) is 0 Å². The van der Waals surface area contributed by atoms with Crippen LogP contribution in [0.5, 0.6) is 0 Å². The zero-order chi connectivity index (χ0) is 23.6. The highest BCUT2D eigenvalue weighted by Gasteiger charge is 2.85. The van der Waals surface area contributed by atoms with Gasteiger partial charge in [0.15, 0.2) is 12.4 Å². The van der Waals surface area contributed by atoms with Crippen molar-refractivity contribution in [1.29, 1.82) is 0 Å². The maximum atomic E-state index is 13.4. The summed E-state index contributed by atoms with van der Waals surface area (Å²) in [5.74, 6) is -0.440. The Morgan fingerprint density at radius 1 is 1.09 bits per heavy atom. The van der Waals surface area contributed by atoms with E-state index in [-0.39, 0.29) is 28.6 Å². The van der Waals surface area contributed by atoms with Crippen LogP contribution in [0.1, 0.15) is 71.3 Å². The van der Waals surface area contributed by atoms with Crippen molar-refractivity contribution in [3.63, 3.8) is 0 Å². The fourth-order valence-electron chi connectivity index (χ4n) is 7.03. The molecule has 4 fully saturated rings. The van der Waals surface area contributed by atoms with Gasteiger partial charge in [0.2, 0.25) is 0 Å². The number of rotatable bonds is 5. The van der Waals surface area contributed by atoms with Crippen LogP contribution in [0, 0.1) is 10.8 Å². The Morgan fingerprint density at radius 2 is 1.79 bits per heavy atom. The van der Waals surface area contributed by atoms with Crippen LogP contribution >= 0.6 is 15.9 Å². The van der Waals surface area contributed by atoms with Crippen molar-refractivity contribution in [2.45, 2.75) is 82.8 Å². The van der Waals surface area contributed by atoms with Crippen LogP contribution in [-0.4, -0.2) is 47.5 Å². The minimum atomic E-state index is -0.674. The number of Topliss-reactive ketones (excluding diaryl/α,β-unsaturated/α-hetero) is 1. The molecule has 0 radical (unpaired) electrons. The third kappa shape index (κ3) is 3.36. The van der Waals surface area contributed by atoms with E-state index in [0.717, 1.165) is 43.0 Å². The van der Waals surface area contributed by atoms with Crippen LogP contribution in [0.4, 0.5) is 4.79 Å². The molecule has 33 heavy (non-hydrogen) atoms. The second kappa shape index (κ2) is 7.56. The maximum absolute atomic E-state index is 13.4. The van der Waals surface area contributed by atoms with Gasteiger partial charge in [0, 0.05) is 21.8 Å². The highest BCUT2D eigenvalue weighted by molar-refractivity contribution is 9.10. The fraction of sp³-hybridized carbons (Fsp3) is 0.654. The maximum Gasteiger partial charge on any atom is 0.411 e. The van der Waals surface area contributed by atoms with Gasteiger partial charge in [-0.3, -0.25) is 9.69 Å². The molecule has 4 unspecified atom stereocenters. The molecule has 4 atom stereocenters. The minimum absolute atomic E-state index is 0.0349. The molecule has 3 aliphatic carbocycles. The third-order valence-corrected chi connectivity index (χ3v) is 9.23. The number of carbonyl (C=O) groups is 3. The van der Waals surface area contributed by atoms with Crippen LogP contribution in [0.15, 0.2) is 28.7 Å². The number of hydrogen-bond donors (Lipinski definition) is 0. The summed E-state index contributed by atoms with van der Waals surface area (Å²) in [7, 11) is 0. The summed E-state index contributed by atoms with van der Waals surface area (Å²) < 4.78 is 12.0. The highest BCUT2D eigenvalue weighted by Crippen LogP contribution is 2.88. The van der Waals surface area contributed by atoms with Crippen LogP contribution < -0.4 is 0 Å². The minimum Gasteiger partial charge on any atom is -0.456 e. The molecular formula is C26H32BrNO5. The van der Waals surface area contributed by atoms with Gasteiger partial charge in [-0.2, -0.15) is 0 Å². The summed E-state index contributed by atoms with van der Waals surface area (Å²) in [6, 6.07) is 7.85. The molecule has 1 aromatic rings. The van der Waals surface area contributed by atoms with E-state index < -0.39 is 23.7 Å². The number of ether oxygens (including phenoxy) is 2.